The highest BCUT2D eigenvalue weighted by Crippen LogP contribution is 2.29. The number of halogens is 4. The Morgan fingerprint density at radius 1 is 1.00 bits per heavy atom. The van der Waals surface area contributed by atoms with Crippen LogP contribution in [0.1, 0.15) is 16.5 Å². The molecule has 0 aromatic heterocycles. The van der Waals surface area contributed by atoms with Crippen molar-refractivity contribution in [1.29, 1.82) is 0 Å². The van der Waals surface area contributed by atoms with E-state index >= 15 is 0 Å². The van der Waals surface area contributed by atoms with Crippen molar-refractivity contribution >= 4 is 43.5 Å². The molecule has 0 N–H and O–H groups in total. The van der Waals surface area contributed by atoms with Crippen molar-refractivity contribution in [2.24, 2.45) is 0 Å². The fourth-order valence-corrected chi connectivity index (χ4v) is 2.68. The maximum absolute atomic E-state index is 13.7. The van der Waals surface area contributed by atoms with Crippen molar-refractivity contribution < 1.29 is 4.39 Å². The largest absolute Gasteiger partial charge is 0.207 e. The Labute approximate surface area is 127 Å². The molecule has 0 radical (unpaired) electrons. The molecule has 1 atom stereocenters. The van der Waals surface area contributed by atoms with E-state index in [2.05, 4.69) is 31.9 Å². The zero-order chi connectivity index (χ0) is 13.1. The number of rotatable bonds is 3. The standard InChI is InChI=1S/C14H10Br2ClF/c15-10-3-1-9(2-4-10)7-13(17)12-8-11(16)5-6-14(12)18/h1-6,8,13H,7H2. The van der Waals surface area contributed by atoms with Gasteiger partial charge in [0.1, 0.15) is 5.82 Å². The fourth-order valence-electron chi connectivity index (χ4n) is 1.69. The average molecular weight is 392 g/mol. The van der Waals surface area contributed by atoms with E-state index in [0.717, 1.165) is 14.5 Å². The lowest BCUT2D eigenvalue weighted by Crippen LogP contribution is -1.99. The summed E-state index contributed by atoms with van der Waals surface area (Å²) in [6, 6.07) is 12.7. The van der Waals surface area contributed by atoms with Crippen molar-refractivity contribution in [2.75, 3.05) is 0 Å². The molecule has 94 valence electrons. The molecular weight excluding hydrogens is 382 g/mol. The second-order valence-electron chi connectivity index (χ2n) is 3.96. The highest BCUT2D eigenvalue weighted by atomic mass is 79.9. The van der Waals surface area contributed by atoms with Gasteiger partial charge in [0.05, 0.1) is 5.38 Å². The first-order valence-electron chi connectivity index (χ1n) is 5.40. The molecule has 0 heterocycles. The van der Waals surface area contributed by atoms with Gasteiger partial charge in [-0.05, 0) is 42.3 Å². The number of hydrogen-bond donors (Lipinski definition) is 0. The molecule has 0 bridgehead atoms. The molecule has 0 amide bonds. The highest BCUT2D eigenvalue weighted by molar-refractivity contribution is 9.10. The summed E-state index contributed by atoms with van der Waals surface area (Å²) in [7, 11) is 0. The van der Waals surface area contributed by atoms with E-state index < -0.39 is 0 Å². The van der Waals surface area contributed by atoms with Gasteiger partial charge in [-0.25, -0.2) is 4.39 Å². The third-order valence-electron chi connectivity index (χ3n) is 2.62. The SMILES string of the molecule is Fc1ccc(Br)cc1C(Cl)Cc1ccc(Br)cc1. The summed E-state index contributed by atoms with van der Waals surface area (Å²) in [4.78, 5) is 0. The summed E-state index contributed by atoms with van der Waals surface area (Å²) in [5.74, 6) is -0.268. The molecule has 0 fully saturated rings. The molecule has 4 heteroatoms. The van der Waals surface area contributed by atoms with Crippen LogP contribution in [0.3, 0.4) is 0 Å². The topological polar surface area (TPSA) is 0 Å². The van der Waals surface area contributed by atoms with Gasteiger partial charge in [0.15, 0.2) is 0 Å². The molecule has 0 saturated carbocycles. The van der Waals surface area contributed by atoms with Crippen LogP contribution in [0.4, 0.5) is 4.39 Å². The monoisotopic (exact) mass is 390 g/mol. The van der Waals surface area contributed by atoms with Gasteiger partial charge in [0.25, 0.3) is 0 Å². The van der Waals surface area contributed by atoms with Crippen LogP contribution in [0.25, 0.3) is 0 Å². The Kier molecular flexibility index (Phi) is 4.82. The van der Waals surface area contributed by atoms with Crippen LogP contribution in [-0.2, 0) is 6.42 Å². The van der Waals surface area contributed by atoms with E-state index in [9.17, 15) is 4.39 Å². The zero-order valence-electron chi connectivity index (χ0n) is 9.34. The smallest absolute Gasteiger partial charge is 0.127 e. The van der Waals surface area contributed by atoms with Gasteiger partial charge in [-0.15, -0.1) is 11.6 Å². The molecular formula is C14H10Br2ClF. The highest BCUT2D eigenvalue weighted by Gasteiger charge is 2.14. The van der Waals surface area contributed by atoms with Crippen molar-refractivity contribution in [2.45, 2.75) is 11.8 Å². The summed E-state index contributed by atoms with van der Waals surface area (Å²) >= 11 is 13.0. The first-order valence-corrected chi connectivity index (χ1v) is 7.42. The van der Waals surface area contributed by atoms with Gasteiger partial charge in [0.2, 0.25) is 0 Å². The summed E-state index contributed by atoms with van der Waals surface area (Å²) < 4.78 is 15.5. The third kappa shape index (κ3) is 3.56. The number of hydrogen-bond acceptors (Lipinski definition) is 0. The summed E-state index contributed by atoms with van der Waals surface area (Å²) in [6.07, 6.45) is 0.599. The van der Waals surface area contributed by atoms with Crippen molar-refractivity contribution in [3.63, 3.8) is 0 Å². The van der Waals surface area contributed by atoms with Crippen LogP contribution in [0.5, 0.6) is 0 Å². The zero-order valence-corrected chi connectivity index (χ0v) is 13.3. The molecule has 18 heavy (non-hydrogen) atoms. The maximum Gasteiger partial charge on any atom is 0.127 e. The lowest BCUT2D eigenvalue weighted by atomic mass is 10.0. The molecule has 2 rings (SSSR count). The summed E-state index contributed by atoms with van der Waals surface area (Å²) in [6.45, 7) is 0. The molecule has 0 aliphatic heterocycles. The molecule has 0 aliphatic carbocycles. The Morgan fingerprint density at radius 2 is 1.61 bits per heavy atom. The molecule has 0 aliphatic rings. The van der Waals surface area contributed by atoms with Crippen LogP contribution < -0.4 is 0 Å². The van der Waals surface area contributed by atoms with Gasteiger partial charge in [-0.2, -0.15) is 0 Å². The first-order chi connectivity index (χ1) is 8.56. The predicted molar refractivity (Wildman–Crippen MR) is 80.5 cm³/mol. The minimum atomic E-state index is -0.372. The molecule has 0 spiro atoms. The van der Waals surface area contributed by atoms with E-state index in [1.165, 1.54) is 6.07 Å². The fraction of sp³-hybridized carbons (Fsp3) is 0.143. The lowest BCUT2D eigenvalue weighted by molar-refractivity contribution is 0.605. The van der Waals surface area contributed by atoms with Crippen LogP contribution in [0, 0.1) is 5.82 Å². The van der Waals surface area contributed by atoms with Crippen molar-refractivity contribution in [3.05, 3.63) is 68.4 Å². The van der Waals surface area contributed by atoms with Crippen LogP contribution in [0.15, 0.2) is 51.4 Å². The normalized spacial score (nSPS) is 12.4. The second kappa shape index (κ2) is 6.18. The lowest BCUT2D eigenvalue weighted by Gasteiger charge is -2.11. The van der Waals surface area contributed by atoms with Gasteiger partial charge >= 0.3 is 0 Å². The molecule has 1 unspecified atom stereocenters. The van der Waals surface area contributed by atoms with E-state index in [-0.39, 0.29) is 11.2 Å². The molecule has 2 aromatic carbocycles. The van der Waals surface area contributed by atoms with Crippen molar-refractivity contribution in [1.82, 2.24) is 0 Å². The van der Waals surface area contributed by atoms with Gasteiger partial charge in [-0.1, -0.05) is 44.0 Å². The molecule has 2 aromatic rings. The van der Waals surface area contributed by atoms with E-state index in [0.29, 0.717) is 12.0 Å². The van der Waals surface area contributed by atoms with Crippen LogP contribution >= 0.6 is 43.5 Å². The first kappa shape index (κ1) is 14.0. The van der Waals surface area contributed by atoms with Gasteiger partial charge < -0.3 is 0 Å². The van der Waals surface area contributed by atoms with Gasteiger partial charge in [-0.3, -0.25) is 0 Å². The molecule has 0 nitrogen and oxygen atoms in total. The van der Waals surface area contributed by atoms with Crippen LogP contribution in [-0.4, -0.2) is 0 Å². The predicted octanol–water partition coefficient (Wildman–Crippen LogP) is 5.87. The Morgan fingerprint density at radius 3 is 2.28 bits per heavy atom. The molecule has 0 saturated heterocycles. The Hall–Kier alpha value is -0.380. The summed E-state index contributed by atoms with van der Waals surface area (Å²) in [5.41, 5.74) is 1.60. The van der Waals surface area contributed by atoms with Crippen LogP contribution in [0.2, 0.25) is 0 Å². The second-order valence-corrected chi connectivity index (χ2v) is 6.32. The van der Waals surface area contributed by atoms with Gasteiger partial charge in [0, 0.05) is 14.5 Å². The van der Waals surface area contributed by atoms with E-state index in [1.54, 1.807) is 12.1 Å². The van der Waals surface area contributed by atoms with E-state index in [1.807, 2.05) is 24.3 Å². The summed E-state index contributed by atoms with van der Waals surface area (Å²) in [5, 5.41) is -0.372. The third-order valence-corrected chi connectivity index (χ3v) is 4.03. The van der Waals surface area contributed by atoms with E-state index in [4.69, 9.17) is 11.6 Å². The Balaban J connectivity index is 2.18. The minimum Gasteiger partial charge on any atom is -0.207 e. The number of alkyl halides is 1. The quantitative estimate of drug-likeness (QED) is 0.573. The number of benzene rings is 2. The maximum atomic E-state index is 13.7. The average Bonchev–Trinajstić information content (AvgIpc) is 2.35. The van der Waals surface area contributed by atoms with Crippen molar-refractivity contribution in [3.8, 4) is 0 Å². The Bertz CT molecular complexity index is 540. The minimum absolute atomic E-state index is 0.268.